The Morgan fingerprint density at radius 3 is 2.50 bits per heavy atom. The number of nitrogens with zero attached hydrogens (tertiary/aromatic N) is 2. The third kappa shape index (κ3) is 4.24. The number of halogens is 1. The molecule has 0 aliphatic rings. The number of carbonyl (C=O) groups is 1. The van der Waals surface area contributed by atoms with E-state index in [0.717, 1.165) is 16.3 Å². The minimum absolute atomic E-state index is 0.00371. The van der Waals surface area contributed by atoms with Crippen LogP contribution in [0, 0.1) is 0 Å². The number of aromatic nitrogens is 1. The van der Waals surface area contributed by atoms with Crippen molar-refractivity contribution in [2.24, 2.45) is 0 Å². The summed E-state index contributed by atoms with van der Waals surface area (Å²) in [6, 6.07) is 21.2. The number of benzene rings is 2. The van der Waals surface area contributed by atoms with Crippen molar-refractivity contribution in [3.63, 3.8) is 0 Å². The third-order valence-corrected chi connectivity index (χ3v) is 4.60. The van der Waals surface area contributed by atoms with Gasteiger partial charge in [-0.05, 0) is 35.9 Å². The highest BCUT2D eigenvalue weighted by atomic mass is 35.5. The normalized spacial score (nSPS) is 10.5. The highest BCUT2D eigenvalue weighted by Gasteiger charge is 2.16. The molecule has 2 aromatic carbocycles. The first-order valence-corrected chi connectivity index (χ1v) is 8.89. The molecule has 0 aliphatic carbocycles. The zero-order chi connectivity index (χ0) is 18.4. The lowest BCUT2D eigenvalue weighted by atomic mass is 10.2. The van der Waals surface area contributed by atoms with E-state index in [9.17, 15) is 4.79 Å². The number of amides is 1. The predicted octanol–water partition coefficient (Wildman–Crippen LogP) is 5.02. The van der Waals surface area contributed by atoms with Crippen LogP contribution in [0.25, 0.3) is 0 Å². The van der Waals surface area contributed by atoms with Crippen molar-refractivity contribution in [3.05, 3.63) is 107 Å². The van der Waals surface area contributed by atoms with Crippen LogP contribution in [0.3, 0.4) is 0 Å². The van der Waals surface area contributed by atoms with Gasteiger partial charge < -0.3 is 9.47 Å². The fraction of sp³-hybridized carbons (Fsp3) is 0.136. The van der Waals surface area contributed by atoms with Crippen molar-refractivity contribution in [1.29, 1.82) is 0 Å². The molecule has 3 rings (SSSR count). The average molecular weight is 365 g/mol. The van der Waals surface area contributed by atoms with Gasteiger partial charge in [0.2, 0.25) is 0 Å². The molecule has 3 nitrogen and oxygen atoms in total. The number of hydrogen-bond acceptors (Lipinski definition) is 1. The van der Waals surface area contributed by atoms with Crippen molar-refractivity contribution >= 4 is 17.5 Å². The Morgan fingerprint density at radius 1 is 1.04 bits per heavy atom. The molecule has 4 heteroatoms. The molecule has 0 fully saturated rings. The summed E-state index contributed by atoms with van der Waals surface area (Å²) in [5.41, 5.74) is 2.78. The van der Waals surface area contributed by atoms with E-state index in [2.05, 4.69) is 11.1 Å². The molecule has 1 aromatic heterocycles. The summed E-state index contributed by atoms with van der Waals surface area (Å²) in [5, 5.41) is 0.746. The monoisotopic (exact) mass is 364 g/mol. The number of carbonyl (C=O) groups excluding carboxylic acids is 1. The molecule has 0 N–H and O–H groups in total. The first kappa shape index (κ1) is 18.0. The third-order valence-electron chi connectivity index (χ3n) is 4.23. The zero-order valence-electron chi connectivity index (χ0n) is 14.5. The van der Waals surface area contributed by atoms with Gasteiger partial charge in [0.1, 0.15) is 0 Å². The Morgan fingerprint density at radius 2 is 1.77 bits per heavy atom. The minimum atomic E-state index is -0.00371. The maximum Gasteiger partial charge on any atom is 0.254 e. The molecule has 0 radical (unpaired) electrons. The van der Waals surface area contributed by atoms with Crippen LogP contribution in [0.1, 0.15) is 21.6 Å². The van der Waals surface area contributed by atoms with E-state index >= 15 is 0 Å². The molecule has 0 atom stereocenters. The Kier molecular flexibility index (Phi) is 5.92. The van der Waals surface area contributed by atoms with Gasteiger partial charge in [0.05, 0.1) is 6.54 Å². The fourth-order valence-corrected chi connectivity index (χ4v) is 3.09. The highest BCUT2D eigenvalue weighted by Crippen LogP contribution is 2.18. The quantitative estimate of drug-likeness (QED) is 0.540. The lowest BCUT2D eigenvalue weighted by Gasteiger charge is -2.22. The second kappa shape index (κ2) is 8.54. The first-order chi connectivity index (χ1) is 12.7. The molecular weight excluding hydrogens is 344 g/mol. The average Bonchev–Trinajstić information content (AvgIpc) is 3.10. The molecule has 26 heavy (non-hydrogen) atoms. The van der Waals surface area contributed by atoms with Crippen molar-refractivity contribution in [1.82, 2.24) is 9.47 Å². The highest BCUT2D eigenvalue weighted by molar-refractivity contribution is 6.31. The van der Waals surface area contributed by atoms with Crippen LogP contribution < -0.4 is 0 Å². The summed E-state index contributed by atoms with van der Waals surface area (Å²) in [6.07, 6.45) is 3.76. The molecular formula is C22H21ClN2O. The van der Waals surface area contributed by atoms with Crippen LogP contribution in [0.5, 0.6) is 0 Å². The Hall–Kier alpha value is -2.78. The van der Waals surface area contributed by atoms with E-state index < -0.39 is 0 Å². The molecule has 132 valence electrons. The fourth-order valence-electron chi connectivity index (χ4n) is 2.89. The minimum Gasteiger partial charge on any atom is -0.345 e. The van der Waals surface area contributed by atoms with Gasteiger partial charge in [-0.3, -0.25) is 4.79 Å². The first-order valence-electron chi connectivity index (χ1n) is 8.51. The summed E-state index contributed by atoms with van der Waals surface area (Å²) in [4.78, 5) is 14.6. The second-order valence-electron chi connectivity index (χ2n) is 6.06. The van der Waals surface area contributed by atoms with Crippen molar-refractivity contribution in [2.45, 2.75) is 13.1 Å². The largest absolute Gasteiger partial charge is 0.345 e. The maximum atomic E-state index is 12.8. The number of rotatable bonds is 7. The van der Waals surface area contributed by atoms with Crippen LogP contribution in [0.2, 0.25) is 5.02 Å². The van der Waals surface area contributed by atoms with Gasteiger partial charge >= 0.3 is 0 Å². The van der Waals surface area contributed by atoms with Crippen LogP contribution in [-0.4, -0.2) is 21.9 Å². The summed E-state index contributed by atoms with van der Waals surface area (Å²) >= 11 is 6.29. The van der Waals surface area contributed by atoms with Gasteiger partial charge in [-0.15, -0.1) is 6.58 Å². The standard InChI is InChI=1S/C22H21ClN2O/c1-2-14-25(22(26)18-9-4-3-5-10-18)17-20-12-8-15-24(20)16-19-11-6-7-13-21(19)23/h2-13,15H,1,14,16-17H2. The Labute approximate surface area is 159 Å². The molecule has 3 aromatic rings. The lowest BCUT2D eigenvalue weighted by molar-refractivity contribution is 0.0759. The molecule has 0 saturated carbocycles. The summed E-state index contributed by atoms with van der Waals surface area (Å²) in [7, 11) is 0. The Balaban J connectivity index is 1.80. The molecule has 0 bridgehead atoms. The van der Waals surface area contributed by atoms with Crippen LogP contribution >= 0.6 is 11.6 Å². The predicted molar refractivity (Wildman–Crippen MR) is 106 cm³/mol. The van der Waals surface area contributed by atoms with Gasteiger partial charge in [-0.2, -0.15) is 0 Å². The Bertz CT molecular complexity index is 886. The SMILES string of the molecule is C=CCN(Cc1cccn1Cc1ccccc1Cl)C(=O)c1ccccc1. The lowest BCUT2D eigenvalue weighted by Crippen LogP contribution is -2.31. The molecule has 1 amide bonds. The van der Waals surface area contributed by atoms with Crippen molar-refractivity contribution in [3.8, 4) is 0 Å². The summed E-state index contributed by atoms with van der Waals surface area (Å²) in [6.45, 7) is 5.46. The van der Waals surface area contributed by atoms with E-state index in [1.807, 2.05) is 72.9 Å². The van der Waals surface area contributed by atoms with Crippen molar-refractivity contribution in [2.75, 3.05) is 6.54 Å². The second-order valence-corrected chi connectivity index (χ2v) is 6.47. The molecule has 1 heterocycles. The molecule has 0 aliphatic heterocycles. The smallest absolute Gasteiger partial charge is 0.254 e. The van der Waals surface area contributed by atoms with Gasteiger partial charge in [0.25, 0.3) is 5.91 Å². The van der Waals surface area contributed by atoms with Crippen LogP contribution in [0.4, 0.5) is 0 Å². The summed E-state index contributed by atoms with van der Waals surface area (Å²) in [5.74, 6) is -0.00371. The van der Waals surface area contributed by atoms with E-state index in [-0.39, 0.29) is 5.91 Å². The zero-order valence-corrected chi connectivity index (χ0v) is 15.3. The van der Waals surface area contributed by atoms with E-state index in [4.69, 9.17) is 11.6 Å². The molecule has 0 spiro atoms. The molecule has 0 unspecified atom stereocenters. The van der Waals surface area contributed by atoms with Crippen molar-refractivity contribution < 1.29 is 4.79 Å². The van der Waals surface area contributed by atoms with Crippen LogP contribution in [0.15, 0.2) is 85.6 Å². The van der Waals surface area contributed by atoms with Crippen LogP contribution in [-0.2, 0) is 13.1 Å². The van der Waals surface area contributed by atoms with E-state index in [0.29, 0.717) is 25.2 Å². The number of hydrogen-bond donors (Lipinski definition) is 0. The maximum absolute atomic E-state index is 12.8. The van der Waals surface area contributed by atoms with Gasteiger partial charge in [-0.25, -0.2) is 0 Å². The summed E-state index contributed by atoms with van der Waals surface area (Å²) < 4.78 is 2.12. The molecule has 0 saturated heterocycles. The van der Waals surface area contributed by atoms with Gasteiger partial charge in [-0.1, -0.05) is 54.1 Å². The van der Waals surface area contributed by atoms with E-state index in [1.54, 1.807) is 11.0 Å². The van der Waals surface area contributed by atoms with Gasteiger partial charge in [0, 0.05) is 35.6 Å². The topological polar surface area (TPSA) is 25.2 Å². The van der Waals surface area contributed by atoms with Gasteiger partial charge in [0.15, 0.2) is 0 Å². The van der Waals surface area contributed by atoms with E-state index in [1.165, 1.54) is 0 Å².